The molecule has 0 spiro atoms. The van der Waals surface area contributed by atoms with E-state index in [1.54, 1.807) is 0 Å². The molecular weight excluding hydrogens is 308 g/mol. The van der Waals surface area contributed by atoms with Crippen LogP contribution in [0.25, 0.3) is 0 Å². The zero-order chi connectivity index (χ0) is 16.1. The van der Waals surface area contributed by atoms with E-state index in [0.717, 1.165) is 13.1 Å². The highest BCUT2D eigenvalue weighted by molar-refractivity contribution is 7.91. The summed E-state index contributed by atoms with van der Waals surface area (Å²) < 4.78 is 24.1. The second-order valence-corrected chi connectivity index (χ2v) is 8.41. The van der Waals surface area contributed by atoms with E-state index in [2.05, 4.69) is 34.9 Å². The molecular formula is C18H24N2O2S+2. The predicted molar refractivity (Wildman–Crippen MR) is 90.4 cm³/mol. The monoisotopic (exact) mass is 332 g/mol. The van der Waals surface area contributed by atoms with Gasteiger partial charge in [-0.25, -0.2) is 8.42 Å². The molecule has 1 aliphatic rings. The van der Waals surface area contributed by atoms with E-state index in [0.29, 0.717) is 0 Å². The molecule has 2 atom stereocenters. The smallest absolute Gasteiger partial charge is 0.162 e. The summed E-state index contributed by atoms with van der Waals surface area (Å²) in [6.45, 7) is 1.66. The average molecular weight is 332 g/mol. The number of hydrogen-bond donors (Lipinski definition) is 2. The molecule has 0 saturated carbocycles. The number of benzene rings is 2. The number of sulfone groups is 1. The van der Waals surface area contributed by atoms with E-state index in [1.165, 1.54) is 11.1 Å². The average Bonchev–Trinajstić information content (AvgIpc) is 2.87. The second kappa shape index (κ2) is 7.25. The SMILES string of the molecule is O=S1(=O)C[C@@H]([NH2+]Cc2ccccc2)[C@H]([NH2+]Cc2ccccc2)C1. The summed E-state index contributed by atoms with van der Waals surface area (Å²) in [4.78, 5) is 0. The Morgan fingerprint density at radius 1 is 0.739 bits per heavy atom. The van der Waals surface area contributed by atoms with Gasteiger partial charge in [0.25, 0.3) is 0 Å². The van der Waals surface area contributed by atoms with Crippen molar-refractivity contribution < 1.29 is 19.1 Å². The van der Waals surface area contributed by atoms with Crippen molar-refractivity contribution in [2.24, 2.45) is 0 Å². The van der Waals surface area contributed by atoms with Crippen molar-refractivity contribution in [3.8, 4) is 0 Å². The van der Waals surface area contributed by atoms with E-state index >= 15 is 0 Å². The Morgan fingerprint density at radius 2 is 1.13 bits per heavy atom. The number of rotatable bonds is 6. The van der Waals surface area contributed by atoms with E-state index in [4.69, 9.17) is 0 Å². The lowest BCUT2D eigenvalue weighted by Gasteiger charge is -2.15. The normalized spacial score (nSPS) is 23.0. The molecule has 122 valence electrons. The minimum absolute atomic E-state index is 0.129. The van der Waals surface area contributed by atoms with Crippen LogP contribution >= 0.6 is 0 Å². The van der Waals surface area contributed by atoms with Crippen molar-refractivity contribution in [2.75, 3.05) is 11.5 Å². The van der Waals surface area contributed by atoms with Gasteiger partial charge in [0, 0.05) is 11.1 Å². The molecule has 0 aliphatic carbocycles. The van der Waals surface area contributed by atoms with Crippen LogP contribution in [0.2, 0.25) is 0 Å². The maximum atomic E-state index is 12.0. The maximum absolute atomic E-state index is 12.0. The highest BCUT2D eigenvalue weighted by atomic mass is 32.2. The molecule has 1 saturated heterocycles. The standard InChI is InChI=1S/C18H22N2O2S/c21-23(22)13-17(19-11-15-7-3-1-4-8-15)18(14-23)20-12-16-9-5-2-6-10-16/h1-10,17-20H,11-14H2/p+2/t17-,18-/m1/s1. The number of quaternary nitrogens is 2. The Hall–Kier alpha value is -1.69. The van der Waals surface area contributed by atoms with Crippen LogP contribution in [0.3, 0.4) is 0 Å². The number of nitrogens with two attached hydrogens (primary N) is 2. The largest absolute Gasteiger partial charge is 0.334 e. The molecule has 1 aliphatic heterocycles. The molecule has 0 aromatic heterocycles. The van der Waals surface area contributed by atoms with Gasteiger partial charge in [-0.05, 0) is 0 Å². The summed E-state index contributed by atoms with van der Waals surface area (Å²) in [6.07, 6.45) is 0. The molecule has 4 nitrogen and oxygen atoms in total. The lowest BCUT2D eigenvalue weighted by atomic mass is 10.1. The van der Waals surface area contributed by atoms with Crippen LogP contribution < -0.4 is 10.6 Å². The highest BCUT2D eigenvalue weighted by Gasteiger charge is 2.42. The zero-order valence-corrected chi connectivity index (χ0v) is 14.0. The van der Waals surface area contributed by atoms with Gasteiger partial charge in [-0.1, -0.05) is 60.7 Å². The summed E-state index contributed by atoms with van der Waals surface area (Å²) in [5.41, 5.74) is 2.47. The van der Waals surface area contributed by atoms with E-state index < -0.39 is 9.84 Å². The summed E-state index contributed by atoms with van der Waals surface area (Å²) in [6, 6.07) is 20.7. The Bertz CT molecular complexity index is 660. The van der Waals surface area contributed by atoms with Gasteiger partial charge in [0.15, 0.2) is 21.9 Å². The third-order valence-electron chi connectivity index (χ3n) is 4.44. The molecule has 1 fully saturated rings. The first kappa shape index (κ1) is 16.2. The van der Waals surface area contributed by atoms with E-state index in [9.17, 15) is 8.42 Å². The van der Waals surface area contributed by atoms with Crippen molar-refractivity contribution in [3.63, 3.8) is 0 Å². The van der Waals surface area contributed by atoms with Crippen molar-refractivity contribution in [3.05, 3.63) is 71.8 Å². The fourth-order valence-corrected chi connectivity index (χ4v) is 5.27. The van der Waals surface area contributed by atoms with Crippen molar-refractivity contribution in [1.82, 2.24) is 0 Å². The van der Waals surface area contributed by atoms with Gasteiger partial charge in [0.05, 0.1) is 0 Å². The molecule has 0 unspecified atom stereocenters. The van der Waals surface area contributed by atoms with Gasteiger partial charge in [0.1, 0.15) is 24.6 Å². The molecule has 0 radical (unpaired) electrons. The Balaban J connectivity index is 1.60. The van der Waals surface area contributed by atoms with Crippen LogP contribution in [0, 0.1) is 0 Å². The van der Waals surface area contributed by atoms with Crippen LogP contribution in [-0.4, -0.2) is 32.0 Å². The molecule has 0 amide bonds. The molecule has 2 aromatic rings. The molecule has 1 heterocycles. The van der Waals surface area contributed by atoms with Crippen LogP contribution in [0.4, 0.5) is 0 Å². The molecule has 4 N–H and O–H groups in total. The van der Waals surface area contributed by atoms with E-state index in [1.807, 2.05) is 36.4 Å². The minimum Gasteiger partial charge on any atom is -0.334 e. The van der Waals surface area contributed by atoms with Crippen LogP contribution in [0.5, 0.6) is 0 Å². The van der Waals surface area contributed by atoms with Crippen molar-refractivity contribution in [1.29, 1.82) is 0 Å². The lowest BCUT2D eigenvalue weighted by molar-refractivity contribution is -0.780. The quantitative estimate of drug-likeness (QED) is 0.761. The highest BCUT2D eigenvalue weighted by Crippen LogP contribution is 2.08. The summed E-state index contributed by atoms with van der Waals surface area (Å²) >= 11 is 0. The zero-order valence-electron chi connectivity index (χ0n) is 13.1. The fourth-order valence-electron chi connectivity index (χ4n) is 3.19. The van der Waals surface area contributed by atoms with Crippen molar-refractivity contribution in [2.45, 2.75) is 25.2 Å². The van der Waals surface area contributed by atoms with Gasteiger partial charge < -0.3 is 10.6 Å². The molecule has 2 aromatic carbocycles. The second-order valence-electron chi connectivity index (χ2n) is 6.26. The maximum Gasteiger partial charge on any atom is 0.162 e. The van der Waals surface area contributed by atoms with Gasteiger partial charge in [0.2, 0.25) is 0 Å². The Morgan fingerprint density at radius 3 is 1.52 bits per heavy atom. The van der Waals surface area contributed by atoms with Crippen LogP contribution in [0.15, 0.2) is 60.7 Å². The van der Waals surface area contributed by atoms with Crippen molar-refractivity contribution >= 4 is 9.84 Å². The molecule has 5 heteroatoms. The summed E-state index contributed by atoms with van der Waals surface area (Å²) in [5.74, 6) is 0.575. The Labute approximate surface area is 137 Å². The number of hydrogen-bond acceptors (Lipinski definition) is 2. The van der Waals surface area contributed by atoms with Crippen LogP contribution in [0.1, 0.15) is 11.1 Å². The first-order valence-electron chi connectivity index (χ1n) is 8.07. The van der Waals surface area contributed by atoms with Crippen LogP contribution in [-0.2, 0) is 22.9 Å². The van der Waals surface area contributed by atoms with E-state index in [-0.39, 0.29) is 23.6 Å². The first-order chi connectivity index (χ1) is 11.1. The minimum atomic E-state index is -2.92. The first-order valence-corrected chi connectivity index (χ1v) is 9.89. The third-order valence-corrected chi connectivity index (χ3v) is 6.23. The van der Waals surface area contributed by atoms with Gasteiger partial charge in [-0.2, -0.15) is 0 Å². The Kier molecular flexibility index (Phi) is 5.10. The molecule has 3 rings (SSSR count). The molecule has 0 bridgehead atoms. The summed E-state index contributed by atoms with van der Waals surface area (Å²) in [5, 5.41) is 4.37. The predicted octanol–water partition coefficient (Wildman–Crippen LogP) is -0.321. The van der Waals surface area contributed by atoms with Gasteiger partial charge in [-0.3, -0.25) is 0 Å². The molecule has 23 heavy (non-hydrogen) atoms. The fraction of sp³-hybridized carbons (Fsp3) is 0.333. The van der Waals surface area contributed by atoms with Gasteiger partial charge in [-0.15, -0.1) is 0 Å². The lowest BCUT2D eigenvalue weighted by Crippen LogP contribution is -3.02. The third kappa shape index (κ3) is 4.64. The summed E-state index contributed by atoms with van der Waals surface area (Å²) in [7, 11) is -2.92. The van der Waals surface area contributed by atoms with Gasteiger partial charge >= 0.3 is 0 Å². The topological polar surface area (TPSA) is 67.4 Å².